The van der Waals surface area contributed by atoms with E-state index in [4.69, 9.17) is 17.3 Å². The van der Waals surface area contributed by atoms with E-state index in [1.165, 1.54) is 16.4 Å². The Kier molecular flexibility index (Phi) is 5.44. The molecule has 0 heterocycles. The number of nitrogen functional groups attached to an aromatic ring is 1. The van der Waals surface area contributed by atoms with Gasteiger partial charge in [-0.05, 0) is 31.0 Å². The van der Waals surface area contributed by atoms with Crippen LogP contribution in [0.4, 0.5) is 5.69 Å². The Morgan fingerprint density at radius 2 is 1.78 bits per heavy atom. The summed E-state index contributed by atoms with van der Waals surface area (Å²) in [5, 5.41) is 0.434. The highest BCUT2D eigenvalue weighted by Gasteiger charge is 2.25. The van der Waals surface area contributed by atoms with Gasteiger partial charge in [0, 0.05) is 18.1 Å². The second-order valence-corrected chi connectivity index (χ2v) is 6.43. The molecule has 0 atom stereocenters. The van der Waals surface area contributed by atoms with Crippen molar-refractivity contribution in [2.24, 2.45) is 0 Å². The first-order valence-corrected chi connectivity index (χ1v) is 7.80. The molecular formula is C12H19ClN2O2S. The Bertz CT molecular complexity index is 497. The van der Waals surface area contributed by atoms with Gasteiger partial charge in [0.15, 0.2) is 0 Å². The van der Waals surface area contributed by atoms with Gasteiger partial charge in [-0.25, -0.2) is 8.42 Å². The van der Waals surface area contributed by atoms with Crippen LogP contribution < -0.4 is 5.73 Å². The van der Waals surface area contributed by atoms with Crippen molar-refractivity contribution in [3.8, 4) is 0 Å². The van der Waals surface area contributed by atoms with Crippen molar-refractivity contribution >= 4 is 27.3 Å². The molecule has 1 aromatic rings. The molecule has 0 radical (unpaired) electrons. The molecule has 0 aliphatic carbocycles. The normalized spacial score (nSPS) is 12.0. The van der Waals surface area contributed by atoms with E-state index >= 15 is 0 Å². The minimum Gasteiger partial charge on any atom is -0.398 e. The molecule has 18 heavy (non-hydrogen) atoms. The highest BCUT2D eigenvalue weighted by Crippen LogP contribution is 2.25. The molecular weight excluding hydrogens is 272 g/mol. The van der Waals surface area contributed by atoms with E-state index < -0.39 is 10.0 Å². The Balaban J connectivity index is 3.17. The van der Waals surface area contributed by atoms with Gasteiger partial charge in [-0.3, -0.25) is 0 Å². The molecule has 0 amide bonds. The third-order valence-electron chi connectivity index (χ3n) is 2.54. The molecule has 1 aromatic carbocycles. The SMILES string of the molecule is CCCN(CCC)S(=O)(=O)c1ccc(Cl)cc1N. The van der Waals surface area contributed by atoms with Crippen molar-refractivity contribution in [1.82, 2.24) is 4.31 Å². The number of sulfonamides is 1. The number of nitrogens with two attached hydrogens (primary N) is 1. The van der Waals surface area contributed by atoms with E-state index in [0.717, 1.165) is 12.8 Å². The lowest BCUT2D eigenvalue weighted by Gasteiger charge is -2.21. The third-order valence-corrected chi connectivity index (χ3v) is 4.74. The number of halogens is 1. The molecule has 1 rings (SSSR count). The molecule has 102 valence electrons. The maximum absolute atomic E-state index is 12.4. The quantitative estimate of drug-likeness (QED) is 0.819. The monoisotopic (exact) mass is 290 g/mol. The van der Waals surface area contributed by atoms with Crippen LogP contribution in [0.15, 0.2) is 23.1 Å². The largest absolute Gasteiger partial charge is 0.398 e. The van der Waals surface area contributed by atoms with Crippen LogP contribution in [0.2, 0.25) is 5.02 Å². The van der Waals surface area contributed by atoms with Crippen molar-refractivity contribution < 1.29 is 8.42 Å². The van der Waals surface area contributed by atoms with Crippen molar-refractivity contribution in [3.63, 3.8) is 0 Å². The number of hydrogen-bond acceptors (Lipinski definition) is 3. The molecule has 0 spiro atoms. The lowest BCUT2D eigenvalue weighted by atomic mass is 10.3. The second kappa shape index (κ2) is 6.41. The van der Waals surface area contributed by atoms with E-state index in [2.05, 4.69) is 0 Å². The zero-order chi connectivity index (χ0) is 13.8. The zero-order valence-corrected chi connectivity index (χ0v) is 12.3. The summed E-state index contributed by atoms with van der Waals surface area (Å²) in [7, 11) is -3.52. The standard InChI is InChI=1S/C12H19ClN2O2S/c1-3-7-15(8-4-2)18(16,17)12-6-5-10(13)9-11(12)14/h5-6,9H,3-4,7-8,14H2,1-2H3. The van der Waals surface area contributed by atoms with E-state index in [9.17, 15) is 8.42 Å². The van der Waals surface area contributed by atoms with E-state index in [1.807, 2.05) is 13.8 Å². The van der Waals surface area contributed by atoms with Crippen LogP contribution in [0.1, 0.15) is 26.7 Å². The lowest BCUT2D eigenvalue weighted by Crippen LogP contribution is -2.33. The first-order chi connectivity index (χ1) is 8.43. The number of hydrogen-bond donors (Lipinski definition) is 1. The summed E-state index contributed by atoms with van der Waals surface area (Å²) in [4.78, 5) is 0.133. The van der Waals surface area contributed by atoms with Gasteiger partial charge in [-0.1, -0.05) is 25.4 Å². The molecule has 0 unspecified atom stereocenters. The van der Waals surface area contributed by atoms with Crippen molar-refractivity contribution in [2.75, 3.05) is 18.8 Å². The number of benzene rings is 1. The minimum absolute atomic E-state index is 0.133. The fourth-order valence-corrected chi connectivity index (χ4v) is 3.65. The average Bonchev–Trinajstić information content (AvgIpc) is 2.28. The van der Waals surface area contributed by atoms with Gasteiger partial charge in [-0.2, -0.15) is 4.31 Å². The number of anilines is 1. The highest BCUT2D eigenvalue weighted by atomic mass is 35.5. The van der Waals surface area contributed by atoms with Crippen molar-refractivity contribution in [2.45, 2.75) is 31.6 Å². The minimum atomic E-state index is -3.52. The van der Waals surface area contributed by atoms with E-state index in [0.29, 0.717) is 18.1 Å². The van der Waals surface area contributed by atoms with Crippen LogP contribution in [-0.2, 0) is 10.0 Å². The molecule has 4 nitrogen and oxygen atoms in total. The van der Waals surface area contributed by atoms with Crippen LogP contribution in [0.5, 0.6) is 0 Å². The Morgan fingerprint density at radius 3 is 2.22 bits per heavy atom. The maximum atomic E-state index is 12.4. The van der Waals surface area contributed by atoms with Gasteiger partial charge in [0.05, 0.1) is 5.69 Å². The fourth-order valence-electron chi connectivity index (χ4n) is 1.74. The van der Waals surface area contributed by atoms with Gasteiger partial charge in [-0.15, -0.1) is 0 Å². The maximum Gasteiger partial charge on any atom is 0.245 e. The summed E-state index contributed by atoms with van der Waals surface area (Å²) in [6, 6.07) is 4.47. The topological polar surface area (TPSA) is 63.4 Å². The summed E-state index contributed by atoms with van der Waals surface area (Å²) in [6.07, 6.45) is 1.54. The first kappa shape index (κ1) is 15.3. The number of nitrogens with zero attached hydrogens (tertiary/aromatic N) is 1. The summed E-state index contributed by atoms with van der Waals surface area (Å²) in [6.45, 7) is 4.89. The van der Waals surface area contributed by atoms with E-state index in [1.54, 1.807) is 6.07 Å². The molecule has 0 saturated carbocycles. The predicted octanol–water partition coefficient (Wildman–Crippen LogP) is 2.73. The van der Waals surface area contributed by atoms with Gasteiger partial charge < -0.3 is 5.73 Å². The smallest absolute Gasteiger partial charge is 0.245 e. The molecule has 0 bridgehead atoms. The molecule has 0 saturated heterocycles. The Labute approximate surface area is 114 Å². The third kappa shape index (κ3) is 3.37. The van der Waals surface area contributed by atoms with Gasteiger partial charge in [0.1, 0.15) is 4.90 Å². The van der Waals surface area contributed by atoms with Crippen molar-refractivity contribution in [1.29, 1.82) is 0 Å². The number of rotatable bonds is 6. The second-order valence-electron chi connectivity index (χ2n) is 4.09. The van der Waals surface area contributed by atoms with Gasteiger partial charge in [0.2, 0.25) is 10.0 Å². The Hall–Kier alpha value is -0.780. The van der Waals surface area contributed by atoms with Crippen LogP contribution in [0.25, 0.3) is 0 Å². The molecule has 2 N–H and O–H groups in total. The first-order valence-electron chi connectivity index (χ1n) is 5.98. The van der Waals surface area contributed by atoms with Crippen LogP contribution in [0.3, 0.4) is 0 Å². The summed E-state index contributed by atoms with van der Waals surface area (Å²) in [5.41, 5.74) is 5.94. The summed E-state index contributed by atoms with van der Waals surface area (Å²) >= 11 is 5.78. The molecule has 0 fully saturated rings. The van der Waals surface area contributed by atoms with Gasteiger partial charge in [0.25, 0.3) is 0 Å². The fraction of sp³-hybridized carbons (Fsp3) is 0.500. The zero-order valence-electron chi connectivity index (χ0n) is 10.7. The summed E-state index contributed by atoms with van der Waals surface area (Å²) in [5.74, 6) is 0. The van der Waals surface area contributed by atoms with Gasteiger partial charge >= 0.3 is 0 Å². The Morgan fingerprint density at radius 1 is 1.22 bits per heavy atom. The average molecular weight is 291 g/mol. The van der Waals surface area contributed by atoms with Crippen LogP contribution in [0, 0.1) is 0 Å². The van der Waals surface area contributed by atoms with Crippen molar-refractivity contribution in [3.05, 3.63) is 23.2 Å². The molecule has 6 heteroatoms. The lowest BCUT2D eigenvalue weighted by molar-refractivity contribution is 0.410. The molecule has 0 aliphatic heterocycles. The molecule has 0 aromatic heterocycles. The van der Waals surface area contributed by atoms with Crippen LogP contribution >= 0.6 is 11.6 Å². The predicted molar refractivity (Wildman–Crippen MR) is 75.2 cm³/mol. The van der Waals surface area contributed by atoms with E-state index in [-0.39, 0.29) is 10.6 Å². The van der Waals surface area contributed by atoms with Crippen LogP contribution in [-0.4, -0.2) is 25.8 Å². The highest BCUT2D eigenvalue weighted by molar-refractivity contribution is 7.89. The molecule has 0 aliphatic rings. The summed E-state index contributed by atoms with van der Waals surface area (Å²) < 4.78 is 26.4.